The number of amides is 2. The molecular weight excluding hydrogens is 402 g/mol. The Kier molecular flexibility index (Phi) is 5.84. The van der Waals surface area contributed by atoms with E-state index in [0.717, 1.165) is 18.4 Å². The van der Waals surface area contributed by atoms with Crippen molar-refractivity contribution in [3.05, 3.63) is 70.3 Å². The standard InChI is InChI=1S/C23H20ClN3O3/c24-19-9-3-1-6-15(19)14-27-20-10-4-2-8-17(20)21(23(27)29)18(12-25)22(28)26-13-16-7-5-11-30-16/h1-4,6,8-10,16H,5,7,11,13-14H2,(H,26,28). The highest BCUT2D eigenvalue weighted by Crippen LogP contribution is 2.39. The summed E-state index contributed by atoms with van der Waals surface area (Å²) in [5.74, 6) is -0.953. The van der Waals surface area contributed by atoms with Gasteiger partial charge in [0.2, 0.25) is 0 Å². The summed E-state index contributed by atoms with van der Waals surface area (Å²) in [5.41, 5.74) is 1.93. The maximum atomic E-state index is 13.3. The van der Waals surface area contributed by atoms with Crippen LogP contribution in [0.1, 0.15) is 24.0 Å². The number of carbonyl (C=O) groups excluding carboxylic acids is 2. The van der Waals surface area contributed by atoms with E-state index in [4.69, 9.17) is 16.3 Å². The van der Waals surface area contributed by atoms with Gasteiger partial charge in [0.25, 0.3) is 11.8 Å². The van der Waals surface area contributed by atoms with E-state index >= 15 is 0 Å². The molecule has 2 aromatic carbocycles. The smallest absolute Gasteiger partial charge is 0.262 e. The van der Waals surface area contributed by atoms with Gasteiger partial charge in [0.05, 0.1) is 23.9 Å². The minimum Gasteiger partial charge on any atom is -0.376 e. The number of para-hydroxylation sites is 1. The molecule has 0 aliphatic carbocycles. The Hall–Kier alpha value is -3.14. The first kappa shape index (κ1) is 20.1. The second kappa shape index (κ2) is 8.70. The highest BCUT2D eigenvalue weighted by Gasteiger charge is 2.36. The molecule has 0 bridgehead atoms. The molecule has 2 aliphatic heterocycles. The summed E-state index contributed by atoms with van der Waals surface area (Å²) in [6, 6.07) is 16.4. The molecular formula is C23H20ClN3O3. The molecule has 152 valence electrons. The van der Waals surface area contributed by atoms with Crippen LogP contribution in [0, 0.1) is 11.3 Å². The molecule has 1 atom stereocenters. The quantitative estimate of drug-likeness (QED) is 0.592. The van der Waals surface area contributed by atoms with Crippen LogP contribution in [-0.2, 0) is 20.9 Å². The van der Waals surface area contributed by atoms with Crippen LogP contribution < -0.4 is 10.2 Å². The third-order valence-corrected chi connectivity index (χ3v) is 5.68. The highest BCUT2D eigenvalue weighted by atomic mass is 35.5. The Morgan fingerprint density at radius 2 is 2.00 bits per heavy atom. The SMILES string of the molecule is N#CC(C(=O)NCC1CCCO1)=C1C(=O)N(Cc2ccccc2Cl)c2ccccc21. The van der Waals surface area contributed by atoms with Crippen LogP contribution in [0.5, 0.6) is 0 Å². The van der Waals surface area contributed by atoms with E-state index in [2.05, 4.69) is 5.32 Å². The number of nitriles is 1. The van der Waals surface area contributed by atoms with Crippen molar-refractivity contribution in [1.29, 1.82) is 5.26 Å². The number of carbonyl (C=O) groups is 2. The number of halogens is 1. The fourth-order valence-corrected chi connectivity index (χ4v) is 3.99. The topological polar surface area (TPSA) is 82.4 Å². The summed E-state index contributed by atoms with van der Waals surface area (Å²) in [6.07, 6.45) is 1.77. The molecule has 4 rings (SSSR count). The molecule has 0 saturated carbocycles. The summed E-state index contributed by atoms with van der Waals surface area (Å²) in [4.78, 5) is 27.6. The summed E-state index contributed by atoms with van der Waals surface area (Å²) in [5, 5.41) is 13.0. The maximum absolute atomic E-state index is 13.3. The van der Waals surface area contributed by atoms with Gasteiger partial charge in [-0.3, -0.25) is 9.59 Å². The Bertz CT molecular complexity index is 1070. The molecule has 1 saturated heterocycles. The number of ether oxygens (including phenoxy) is 1. The van der Waals surface area contributed by atoms with Crippen molar-refractivity contribution in [1.82, 2.24) is 5.32 Å². The minimum absolute atomic E-state index is 0.0535. The normalized spacial score (nSPS) is 19.4. The van der Waals surface area contributed by atoms with Crippen LogP contribution in [0.25, 0.3) is 5.57 Å². The van der Waals surface area contributed by atoms with Crippen LogP contribution in [0.2, 0.25) is 5.02 Å². The molecule has 0 radical (unpaired) electrons. The van der Waals surface area contributed by atoms with Gasteiger partial charge in [-0.25, -0.2) is 0 Å². The van der Waals surface area contributed by atoms with Crippen LogP contribution in [-0.4, -0.2) is 31.1 Å². The van der Waals surface area contributed by atoms with Gasteiger partial charge >= 0.3 is 0 Å². The lowest BCUT2D eigenvalue weighted by Gasteiger charge is -2.18. The number of hydrogen-bond acceptors (Lipinski definition) is 4. The van der Waals surface area contributed by atoms with Gasteiger partial charge in [0.15, 0.2) is 0 Å². The van der Waals surface area contributed by atoms with Gasteiger partial charge in [0.1, 0.15) is 11.6 Å². The average molecular weight is 422 g/mol. The number of benzene rings is 2. The Morgan fingerprint density at radius 3 is 2.73 bits per heavy atom. The minimum atomic E-state index is -0.564. The number of fused-ring (bicyclic) bond motifs is 1. The van der Waals surface area contributed by atoms with E-state index in [-0.39, 0.29) is 29.7 Å². The molecule has 2 heterocycles. The van der Waals surface area contributed by atoms with Crippen LogP contribution in [0.3, 0.4) is 0 Å². The zero-order chi connectivity index (χ0) is 21.1. The van der Waals surface area contributed by atoms with E-state index < -0.39 is 5.91 Å². The van der Waals surface area contributed by atoms with Crippen LogP contribution in [0.4, 0.5) is 5.69 Å². The van der Waals surface area contributed by atoms with Crippen LogP contribution in [0.15, 0.2) is 54.1 Å². The number of anilines is 1. The summed E-state index contributed by atoms with van der Waals surface area (Å²) in [6.45, 7) is 1.24. The number of hydrogen-bond donors (Lipinski definition) is 1. The average Bonchev–Trinajstić information content (AvgIpc) is 3.37. The first-order chi connectivity index (χ1) is 14.6. The molecule has 2 amide bonds. The Morgan fingerprint density at radius 1 is 1.23 bits per heavy atom. The second-order valence-electron chi connectivity index (χ2n) is 7.21. The monoisotopic (exact) mass is 421 g/mol. The van der Waals surface area contributed by atoms with E-state index in [9.17, 15) is 14.9 Å². The van der Waals surface area contributed by atoms with E-state index in [1.165, 1.54) is 0 Å². The molecule has 1 unspecified atom stereocenters. The zero-order valence-corrected chi connectivity index (χ0v) is 17.0. The lowest BCUT2D eigenvalue weighted by atomic mass is 10.0. The summed E-state index contributed by atoms with van der Waals surface area (Å²) in [7, 11) is 0. The van der Waals surface area contributed by atoms with Gasteiger partial charge in [-0.15, -0.1) is 0 Å². The Labute approximate surface area is 179 Å². The van der Waals surface area contributed by atoms with Crippen molar-refractivity contribution < 1.29 is 14.3 Å². The van der Waals surface area contributed by atoms with Crippen molar-refractivity contribution in [2.24, 2.45) is 0 Å². The van der Waals surface area contributed by atoms with Gasteiger partial charge in [-0.05, 0) is 30.5 Å². The van der Waals surface area contributed by atoms with Crippen molar-refractivity contribution in [2.75, 3.05) is 18.1 Å². The van der Waals surface area contributed by atoms with Gasteiger partial charge in [-0.2, -0.15) is 5.26 Å². The number of nitrogens with zero attached hydrogens (tertiary/aromatic N) is 2. The maximum Gasteiger partial charge on any atom is 0.262 e. The van der Waals surface area contributed by atoms with E-state index in [1.807, 2.05) is 30.3 Å². The predicted molar refractivity (Wildman–Crippen MR) is 114 cm³/mol. The predicted octanol–water partition coefficient (Wildman–Crippen LogP) is 3.46. The van der Waals surface area contributed by atoms with E-state index in [0.29, 0.717) is 29.4 Å². The number of nitrogens with one attached hydrogen (secondary N) is 1. The molecule has 2 aliphatic rings. The summed E-state index contributed by atoms with van der Waals surface area (Å²) < 4.78 is 5.51. The van der Waals surface area contributed by atoms with Gasteiger partial charge in [-0.1, -0.05) is 48.0 Å². The lowest BCUT2D eigenvalue weighted by Crippen LogP contribution is -2.33. The third kappa shape index (κ3) is 3.82. The first-order valence-electron chi connectivity index (χ1n) is 9.79. The fraction of sp³-hybridized carbons (Fsp3) is 0.261. The van der Waals surface area contributed by atoms with Crippen molar-refractivity contribution in [3.8, 4) is 6.07 Å². The molecule has 2 aromatic rings. The second-order valence-corrected chi connectivity index (χ2v) is 7.61. The van der Waals surface area contributed by atoms with Gasteiger partial charge in [0, 0.05) is 23.7 Å². The largest absolute Gasteiger partial charge is 0.376 e. The molecule has 0 spiro atoms. The molecule has 6 nitrogen and oxygen atoms in total. The molecule has 1 N–H and O–H groups in total. The van der Waals surface area contributed by atoms with Gasteiger partial charge < -0.3 is 15.0 Å². The Balaban J connectivity index is 1.66. The molecule has 0 aromatic heterocycles. The molecule has 30 heavy (non-hydrogen) atoms. The first-order valence-corrected chi connectivity index (χ1v) is 10.2. The fourth-order valence-electron chi connectivity index (χ4n) is 3.80. The third-order valence-electron chi connectivity index (χ3n) is 5.31. The number of rotatable bonds is 5. The molecule has 7 heteroatoms. The van der Waals surface area contributed by atoms with Crippen molar-refractivity contribution in [3.63, 3.8) is 0 Å². The van der Waals surface area contributed by atoms with Crippen LogP contribution >= 0.6 is 11.6 Å². The van der Waals surface area contributed by atoms with Crippen molar-refractivity contribution >= 4 is 34.7 Å². The lowest BCUT2D eigenvalue weighted by molar-refractivity contribution is -0.118. The zero-order valence-electron chi connectivity index (χ0n) is 16.2. The summed E-state index contributed by atoms with van der Waals surface area (Å²) >= 11 is 6.28. The molecule has 1 fully saturated rings. The highest BCUT2D eigenvalue weighted by molar-refractivity contribution is 6.37. The van der Waals surface area contributed by atoms with E-state index in [1.54, 1.807) is 29.2 Å². The van der Waals surface area contributed by atoms with Crippen molar-refractivity contribution in [2.45, 2.75) is 25.5 Å².